The molecular formula is C46H60N10O6. The molecule has 0 spiro atoms. The number of benzene rings is 3. The van der Waals surface area contributed by atoms with E-state index in [9.17, 15) is 14.4 Å². The minimum atomic E-state index is -0.417. The van der Waals surface area contributed by atoms with E-state index in [4.69, 9.17) is 25.0 Å². The molecule has 0 bridgehead atoms. The van der Waals surface area contributed by atoms with Crippen LogP contribution in [0.1, 0.15) is 37.7 Å². The van der Waals surface area contributed by atoms with Crippen LogP contribution in [0.3, 0.4) is 0 Å². The lowest BCUT2D eigenvalue weighted by Gasteiger charge is -2.26. The summed E-state index contributed by atoms with van der Waals surface area (Å²) in [6.45, 7) is 18.1. The Morgan fingerprint density at radius 3 is 2.15 bits per heavy atom. The van der Waals surface area contributed by atoms with E-state index >= 15 is 0 Å². The van der Waals surface area contributed by atoms with E-state index in [-0.39, 0.29) is 30.2 Å². The Labute approximate surface area is 363 Å². The predicted molar refractivity (Wildman–Crippen MR) is 241 cm³/mol. The van der Waals surface area contributed by atoms with Crippen molar-refractivity contribution in [1.82, 2.24) is 35.2 Å². The minimum Gasteiger partial charge on any atom is -0.457 e. The first-order chi connectivity index (χ1) is 29.9. The first-order valence-electron chi connectivity index (χ1n) is 21.2. The van der Waals surface area contributed by atoms with Crippen LogP contribution in [0.2, 0.25) is 0 Å². The zero-order valence-corrected chi connectivity index (χ0v) is 36.2. The quantitative estimate of drug-likeness (QED) is 0.103. The van der Waals surface area contributed by atoms with Crippen molar-refractivity contribution in [1.29, 1.82) is 0 Å². The van der Waals surface area contributed by atoms with Crippen molar-refractivity contribution in [2.75, 3.05) is 96.0 Å². The van der Waals surface area contributed by atoms with Crippen molar-refractivity contribution < 1.29 is 28.6 Å². The van der Waals surface area contributed by atoms with Crippen molar-refractivity contribution in [3.63, 3.8) is 0 Å². The van der Waals surface area contributed by atoms with Gasteiger partial charge in [0.05, 0.1) is 62.2 Å². The number of amides is 4. The van der Waals surface area contributed by atoms with Gasteiger partial charge in [0, 0.05) is 86.9 Å². The molecule has 2 aliphatic heterocycles. The first-order valence-corrected chi connectivity index (χ1v) is 21.2. The van der Waals surface area contributed by atoms with Crippen molar-refractivity contribution in [3.8, 4) is 17.2 Å². The lowest BCUT2D eigenvalue weighted by Crippen LogP contribution is -2.43. The highest BCUT2D eigenvalue weighted by molar-refractivity contribution is 6.07. The number of nitrogens with one attached hydrogen (secondary N) is 4. The fourth-order valence-electron chi connectivity index (χ4n) is 6.86. The van der Waals surface area contributed by atoms with Crippen LogP contribution < -0.4 is 31.7 Å². The Hall–Kier alpha value is -5.91. The third-order valence-corrected chi connectivity index (χ3v) is 10.3. The van der Waals surface area contributed by atoms with Gasteiger partial charge in [-0.3, -0.25) is 29.7 Å². The third kappa shape index (κ3) is 13.5. The standard InChI is InChI=1S/C40H46N8O5.C6H14N2O/c1-27-9-11-29(12-10-27)48-36(25-35(46-48)40(2,3)4)45-39(51)44-33-13-14-34(32-8-6-5-7-31(32)33)53-30-15-16-41-28(23-30)24-37(49)43-26-38(50)42-17-18-47-19-21-52-22-20-47;7-1-2-8-3-5-9-6-4-8/h5-16,23,25H,17-22,24,26H2,1-4H3,(H,42,50)(H,43,49)(H2,44,45,51);1-7H2. The van der Waals surface area contributed by atoms with Crippen LogP contribution in [-0.4, -0.2) is 128 Å². The van der Waals surface area contributed by atoms with Crippen LogP contribution in [0.4, 0.5) is 16.3 Å². The second-order valence-corrected chi connectivity index (χ2v) is 16.2. The number of urea groups is 1. The van der Waals surface area contributed by atoms with E-state index in [0.29, 0.717) is 48.5 Å². The van der Waals surface area contributed by atoms with Gasteiger partial charge in [0.2, 0.25) is 11.8 Å². The second-order valence-electron chi connectivity index (χ2n) is 16.2. The fraction of sp³-hybridized carbons (Fsp3) is 0.413. The largest absolute Gasteiger partial charge is 0.457 e. The van der Waals surface area contributed by atoms with Gasteiger partial charge in [0.15, 0.2) is 0 Å². The molecule has 0 radical (unpaired) electrons. The molecule has 0 unspecified atom stereocenters. The van der Waals surface area contributed by atoms with Crippen molar-refractivity contribution in [3.05, 3.63) is 102 Å². The van der Waals surface area contributed by atoms with Crippen molar-refractivity contribution in [2.24, 2.45) is 5.73 Å². The van der Waals surface area contributed by atoms with Gasteiger partial charge < -0.3 is 35.9 Å². The van der Waals surface area contributed by atoms with Gasteiger partial charge in [0.25, 0.3) is 0 Å². The molecule has 2 saturated heterocycles. The number of hydrogen-bond donors (Lipinski definition) is 5. The summed E-state index contributed by atoms with van der Waals surface area (Å²) in [5.74, 6) is 1.03. The van der Waals surface area contributed by atoms with Crippen molar-refractivity contribution in [2.45, 2.75) is 39.5 Å². The summed E-state index contributed by atoms with van der Waals surface area (Å²) in [5.41, 5.74) is 9.06. The molecule has 3 aromatic carbocycles. The lowest BCUT2D eigenvalue weighted by molar-refractivity contribution is -0.125. The molecule has 4 amide bonds. The molecule has 16 nitrogen and oxygen atoms in total. The molecular weight excluding hydrogens is 789 g/mol. The lowest BCUT2D eigenvalue weighted by atomic mass is 9.92. The summed E-state index contributed by atoms with van der Waals surface area (Å²) >= 11 is 0. The Kier molecular flexibility index (Phi) is 16.4. The molecule has 4 heterocycles. The van der Waals surface area contributed by atoms with Crippen molar-refractivity contribution >= 4 is 40.1 Å². The number of carbonyl (C=O) groups is 3. The number of fused-ring (bicyclic) bond motifs is 1. The van der Waals surface area contributed by atoms with Gasteiger partial charge in [0.1, 0.15) is 17.3 Å². The van der Waals surface area contributed by atoms with E-state index in [1.54, 1.807) is 35.1 Å². The fourth-order valence-corrected chi connectivity index (χ4v) is 6.86. The maximum Gasteiger partial charge on any atom is 0.324 e. The molecule has 7 rings (SSSR count). The summed E-state index contributed by atoms with van der Waals surface area (Å²) < 4.78 is 18.5. The molecule has 0 aliphatic carbocycles. The smallest absolute Gasteiger partial charge is 0.324 e. The number of nitrogens with two attached hydrogens (primary N) is 1. The average molecular weight is 849 g/mol. The van der Waals surface area contributed by atoms with Gasteiger partial charge in [-0.25, -0.2) is 9.48 Å². The topological polar surface area (TPSA) is 190 Å². The zero-order chi connectivity index (χ0) is 43.9. The maximum atomic E-state index is 13.5. The van der Waals surface area contributed by atoms with Crippen LogP contribution >= 0.6 is 0 Å². The Bertz CT molecular complexity index is 2240. The summed E-state index contributed by atoms with van der Waals surface area (Å²) in [7, 11) is 0. The normalized spacial score (nSPS) is 14.7. The van der Waals surface area contributed by atoms with E-state index in [1.165, 1.54) is 0 Å². The number of nitrogens with zero attached hydrogens (tertiary/aromatic N) is 5. The number of morpholine rings is 2. The molecule has 0 saturated carbocycles. The molecule has 2 fully saturated rings. The highest BCUT2D eigenvalue weighted by atomic mass is 16.5. The van der Waals surface area contributed by atoms with Crippen LogP contribution in [0, 0.1) is 6.92 Å². The Morgan fingerprint density at radius 1 is 0.790 bits per heavy atom. The van der Waals surface area contributed by atoms with Gasteiger partial charge >= 0.3 is 6.03 Å². The van der Waals surface area contributed by atoms with E-state index in [2.05, 4.69) is 56.8 Å². The zero-order valence-electron chi connectivity index (χ0n) is 36.2. The Morgan fingerprint density at radius 2 is 1.47 bits per heavy atom. The highest BCUT2D eigenvalue weighted by Crippen LogP contribution is 2.35. The number of aryl methyl sites for hydroxylation is 1. The molecule has 62 heavy (non-hydrogen) atoms. The van der Waals surface area contributed by atoms with E-state index < -0.39 is 6.03 Å². The van der Waals surface area contributed by atoms with Crippen LogP contribution in [0.25, 0.3) is 16.5 Å². The molecule has 330 valence electrons. The Balaban J connectivity index is 0.000000633. The summed E-state index contributed by atoms with van der Waals surface area (Å²) in [6.07, 6.45) is 1.56. The average Bonchev–Trinajstić information content (AvgIpc) is 3.70. The maximum absolute atomic E-state index is 13.5. The first kappa shape index (κ1) is 45.6. The monoisotopic (exact) mass is 848 g/mol. The summed E-state index contributed by atoms with van der Waals surface area (Å²) in [6, 6.07) is 24.0. The van der Waals surface area contributed by atoms with E-state index in [0.717, 1.165) is 86.7 Å². The summed E-state index contributed by atoms with van der Waals surface area (Å²) in [4.78, 5) is 47.2. The van der Waals surface area contributed by atoms with Crippen LogP contribution in [-0.2, 0) is 30.9 Å². The van der Waals surface area contributed by atoms with Gasteiger partial charge in [-0.05, 0) is 37.3 Å². The van der Waals surface area contributed by atoms with Crippen LogP contribution in [0.15, 0.2) is 85.1 Å². The number of carbonyl (C=O) groups excluding carboxylic acids is 3. The number of pyridine rings is 1. The number of ether oxygens (including phenoxy) is 3. The highest BCUT2D eigenvalue weighted by Gasteiger charge is 2.22. The number of hydrogen-bond acceptors (Lipinski definition) is 11. The van der Waals surface area contributed by atoms with Crippen LogP contribution in [0.5, 0.6) is 11.5 Å². The molecule has 2 aromatic heterocycles. The number of aromatic nitrogens is 3. The molecule has 2 aliphatic rings. The number of anilines is 2. The molecule has 16 heteroatoms. The molecule has 5 aromatic rings. The third-order valence-electron chi connectivity index (χ3n) is 10.3. The van der Waals surface area contributed by atoms with Gasteiger partial charge in [-0.1, -0.05) is 62.7 Å². The molecule has 6 N–H and O–H groups in total. The number of rotatable bonds is 14. The van der Waals surface area contributed by atoms with Gasteiger partial charge in [-0.15, -0.1) is 0 Å². The van der Waals surface area contributed by atoms with E-state index in [1.807, 2.05) is 61.5 Å². The summed E-state index contributed by atoms with van der Waals surface area (Å²) in [5, 5.41) is 17.9. The second kappa shape index (κ2) is 22.3. The molecule has 0 atom stereocenters. The predicted octanol–water partition coefficient (Wildman–Crippen LogP) is 4.85. The minimum absolute atomic E-state index is 0.0168. The van der Waals surface area contributed by atoms with Gasteiger partial charge in [-0.2, -0.15) is 5.10 Å². The SMILES string of the molecule is Cc1ccc(-n2nc(C(C)(C)C)cc2NC(=O)Nc2ccc(Oc3ccnc(CC(=O)NCC(=O)NCCN4CCOCC4)c3)c3ccccc23)cc1.NCCN1CCOCC1.